The van der Waals surface area contributed by atoms with Crippen LogP contribution in [0, 0.1) is 11.8 Å². The molecule has 3 unspecified atom stereocenters. The molecule has 1 fully saturated rings. The lowest BCUT2D eigenvalue weighted by molar-refractivity contribution is 0.155. The summed E-state index contributed by atoms with van der Waals surface area (Å²) in [5.41, 5.74) is 0. The van der Waals surface area contributed by atoms with Crippen molar-refractivity contribution in [2.75, 3.05) is 0 Å². The second-order valence-corrected chi connectivity index (χ2v) is 4.16. The quantitative estimate of drug-likeness (QED) is 0.595. The van der Waals surface area contributed by atoms with E-state index in [4.69, 9.17) is 0 Å². The Balaban J connectivity index is 1.85. The van der Waals surface area contributed by atoms with Crippen LogP contribution in [-0.4, -0.2) is 12.1 Å². The predicted molar refractivity (Wildman–Crippen MR) is 47.4 cm³/mol. The van der Waals surface area contributed by atoms with Gasteiger partial charge in [-0.15, -0.1) is 0 Å². The monoisotopic (exact) mass is 151 g/mol. The van der Waals surface area contributed by atoms with E-state index < -0.39 is 0 Å². The lowest BCUT2D eigenvalue weighted by Crippen LogP contribution is -2.50. The predicted octanol–water partition coefficient (Wildman–Crippen LogP) is 1.95. The zero-order chi connectivity index (χ0) is 7.84. The molecule has 1 N–H and O–H groups in total. The fourth-order valence-corrected chi connectivity index (χ4v) is 2.34. The summed E-state index contributed by atoms with van der Waals surface area (Å²) >= 11 is 0. The number of nitrogens with one attached hydrogen (secondary N) is 1. The lowest BCUT2D eigenvalue weighted by atomic mass is 9.71. The highest BCUT2D eigenvalue weighted by atomic mass is 15.0. The van der Waals surface area contributed by atoms with Gasteiger partial charge in [0.15, 0.2) is 0 Å². The molecule has 3 atom stereocenters. The molecule has 2 aliphatic carbocycles. The van der Waals surface area contributed by atoms with Crippen LogP contribution in [0.15, 0.2) is 12.2 Å². The van der Waals surface area contributed by atoms with Gasteiger partial charge in [-0.05, 0) is 24.7 Å². The van der Waals surface area contributed by atoms with Gasteiger partial charge in [0.2, 0.25) is 0 Å². The summed E-state index contributed by atoms with van der Waals surface area (Å²) in [6, 6.07) is 1.44. The van der Waals surface area contributed by atoms with E-state index in [1.54, 1.807) is 0 Å². The summed E-state index contributed by atoms with van der Waals surface area (Å²) in [4.78, 5) is 0. The Hall–Kier alpha value is -0.300. The summed E-state index contributed by atoms with van der Waals surface area (Å²) in [5, 5.41) is 3.60. The van der Waals surface area contributed by atoms with Gasteiger partial charge >= 0.3 is 0 Å². The first-order valence-corrected chi connectivity index (χ1v) is 4.70. The number of rotatable bonds is 2. The molecule has 0 aromatic rings. The van der Waals surface area contributed by atoms with Crippen LogP contribution in [0.4, 0.5) is 0 Å². The second-order valence-electron chi connectivity index (χ2n) is 4.16. The molecule has 2 aliphatic rings. The minimum atomic E-state index is 0.648. The van der Waals surface area contributed by atoms with E-state index in [0.717, 1.165) is 17.9 Å². The van der Waals surface area contributed by atoms with E-state index >= 15 is 0 Å². The van der Waals surface area contributed by atoms with E-state index in [1.165, 1.54) is 12.8 Å². The molecule has 0 aromatic carbocycles. The molecule has 0 bridgehead atoms. The average molecular weight is 151 g/mol. The second kappa shape index (κ2) is 2.63. The van der Waals surface area contributed by atoms with Crippen molar-refractivity contribution in [3.05, 3.63) is 12.2 Å². The molecule has 62 valence electrons. The first-order valence-electron chi connectivity index (χ1n) is 4.70. The van der Waals surface area contributed by atoms with Gasteiger partial charge in [0, 0.05) is 12.1 Å². The SMILES string of the molecule is CC(C)NC1CC2CC=CC21. The van der Waals surface area contributed by atoms with Crippen molar-refractivity contribution in [3.8, 4) is 0 Å². The summed E-state index contributed by atoms with van der Waals surface area (Å²) in [7, 11) is 0. The molecule has 1 heteroatoms. The van der Waals surface area contributed by atoms with Crippen LogP contribution in [0.2, 0.25) is 0 Å². The number of hydrogen-bond acceptors (Lipinski definition) is 1. The number of allylic oxidation sites excluding steroid dienone is 1. The normalized spacial score (nSPS) is 40.8. The maximum Gasteiger partial charge on any atom is 0.0138 e. The van der Waals surface area contributed by atoms with Gasteiger partial charge in [0.05, 0.1) is 0 Å². The molecule has 1 saturated carbocycles. The third kappa shape index (κ3) is 1.22. The van der Waals surface area contributed by atoms with Gasteiger partial charge in [-0.25, -0.2) is 0 Å². The molecule has 0 saturated heterocycles. The van der Waals surface area contributed by atoms with Crippen LogP contribution in [-0.2, 0) is 0 Å². The minimum Gasteiger partial charge on any atom is -0.311 e. The van der Waals surface area contributed by atoms with Gasteiger partial charge in [0.1, 0.15) is 0 Å². The maximum atomic E-state index is 3.60. The Morgan fingerprint density at radius 1 is 1.45 bits per heavy atom. The van der Waals surface area contributed by atoms with Crippen molar-refractivity contribution >= 4 is 0 Å². The molecule has 1 nitrogen and oxygen atoms in total. The van der Waals surface area contributed by atoms with Crippen molar-refractivity contribution in [2.24, 2.45) is 11.8 Å². The first kappa shape index (κ1) is 7.35. The lowest BCUT2D eigenvalue weighted by Gasteiger charge is -2.41. The largest absolute Gasteiger partial charge is 0.311 e. The molecule has 0 heterocycles. The van der Waals surface area contributed by atoms with Crippen LogP contribution in [0.3, 0.4) is 0 Å². The molecule has 0 spiro atoms. The fraction of sp³-hybridized carbons (Fsp3) is 0.800. The third-order valence-electron chi connectivity index (χ3n) is 2.91. The molecular formula is C10H17N. The van der Waals surface area contributed by atoms with Crippen molar-refractivity contribution in [2.45, 2.75) is 38.8 Å². The van der Waals surface area contributed by atoms with Gasteiger partial charge in [0.25, 0.3) is 0 Å². The van der Waals surface area contributed by atoms with Gasteiger partial charge in [-0.2, -0.15) is 0 Å². The summed E-state index contributed by atoms with van der Waals surface area (Å²) in [6.07, 6.45) is 7.47. The van der Waals surface area contributed by atoms with Crippen LogP contribution in [0.25, 0.3) is 0 Å². The Labute approximate surface area is 68.9 Å². The first-order chi connectivity index (χ1) is 5.27. The van der Waals surface area contributed by atoms with Crippen molar-refractivity contribution in [1.82, 2.24) is 5.32 Å². The highest BCUT2D eigenvalue weighted by Gasteiger charge is 2.40. The van der Waals surface area contributed by atoms with Crippen LogP contribution in [0.1, 0.15) is 26.7 Å². The fourth-order valence-electron chi connectivity index (χ4n) is 2.34. The van der Waals surface area contributed by atoms with Crippen molar-refractivity contribution < 1.29 is 0 Å². The summed E-state index contributed by atoms with van der Waals surface area (Å²) in [5.74, 6) is 1.86. The molecule has 0 amide bonds. The maximum absolute atomic E-state index is 3.60. The zero-order valence-corrected chi connectivity index (χ0v) is 7.38. The van der Waals surface area contributed by atoms with E-state index in [9.17, 15) is 0 Å². The van der Waals surface area contributed by atoms with Crippen LogP contribution >= 0.6 is 0 Å². The topological polar surface area (TPSA) is 12.0 Å². The Morgan fingerprint density at radius 2 is 2.27 bits per heavy atom. The van der Waals surface area contributed by atoms with E-state index in [-0.39, 0.29) is 0 Å². The average Bonchev–Trinajstić information content (AvgIpc) is 2.26. The molecule has 11 heavy (non-hydrogen) atoms. The van der Waals surface area contributed by atoms with Gasteiger partial charge < -0.3 is 5.32 Å². The van der Waals surface area contributed by atoms with E-state index in [0.29, 0.717) is 6.04 Å². The number of hydrogen-bond donors (Lipinski definition) is 1. The van der Waals surface area contributed by atoms with E-state index in [1.807, 2.05) is 0 Å². The van der Waals surface area contributed by atoms with Gasteiger partial charge in [-0.3, -0.25) is 0 Å². The molecule has 2 rings (SSSR count). The minimum absolute atomic E-state index is 0.648. The summed E-state index contributed by atoms with van der Waals surface area (Å²) in [6.45, 7) is 4.46. The molecular weight excluding hydrogens is 134 g/mol. The number of fused-ring (bicyclic) bond motifs is 1. The summed E-state index contributed by atoms with van der Waals surface area (Å²) < 4.78 is 0. The Morgan fingerprint density at radius 3 is 2.91 bits per heavy atom. The molecule has 0 aromatic heterocycles. The van der Waals surface area contributed by atoms with Crippen LogP contribution < -0.4 is 5.32 Å². The Kier molecular flexibility index (Phi) is 1.76. The van der Waals surface area contributed by atoms with Crippen LogP contribution in [0.5, 0.6) is 0 Å². The van der Waals surface area contributed by atoms with Crippen molar-refractivity contribution in [3.63, 3.8) is 0 Å². The zero-order valence-electron chi connectivity index (χ0n) is 7.38. The highest BCUT2D eigenvalue weighted by molar-refractivity contribution is 5.12. The standard InChI is InChI=1S/C10H17N/c1-7(2)11-10-6-8-4-3-5-9(8)10/h3,5,7-11H,4,6H2,1-2H3. The van der Waals surface area contributed by atoms with Crippen molar-refractivity contribution in [1.29, 1.82) is 0 Å². The highest BCUT2D eigenvalue weighted by Crippen LogP contribution is 2.42. The molecule has 0 radical (unpaired) electrons. The smallest absolute Gasteiger partial charge is 0.0138 e. The Bertz CT molecular complexity index is 172. The van der Waals surface area contributed by atoms with Gasteiger partial charge in [-0.1, -0.05) is 26.0 Å². The third-order valence-corrected chi connectivity index (χ3v) is 2.91. The molecule has 0 aliphatic heterocycles. The van der Waals surface area contributed by atoms with E-state index in [2.05, 4.69) is 31.3 Å².